The summed E-state index contributed by atoms with van der Waals surface area (Å²) in [7, 11) is 0. The van der Waals surface area contributed by atoms with E-state index in [1.54, 1.807) is 0 Å². The number of carbonyl (C=O) groups is 1. The summed E-state index contributed by atoms with van der Waals surface area (Å²) in [5, 5.41) is 15.1. The zero-order valence-electron chi connectivity index (χ0n) is 13.6. The Balaban J connectivity index is 1.90. The Bertz CT molecular complexity index is 824. The van der Waals surface area contributed by atoms with E-state index in [0.29, 0.717) is 0 Å². The molecule has 0 heterocycles. The van der Waals surface area contributed by atoms with E-state index < -0.39 is 5.97 Å². The van der Waals surface area contributed by atoms with Crippen molar-refractivity contribution >= 4 is 16.7 Å². The number of benzene rings is 3. The van der Waals surface area contributed by atoms with Crippen LogP contribution in [0.5, 0.6) is 0 Å². The van der Waals surface area contributed by atoms with Gasteiger partial charge in [0.2, 0.25) is 0 Å². The van der Waals surface area contributed by atoms with E-state index in [-0.39, 0.29) is 18.5 Å². The van der Waals surface area contributed by atoms with Gasteiger partial charge >= 0.3 is 5.97 Å². The van der Waals surface area contributed by atoms with Gasteiger partial charge in [-0.2, -0.15) is 0 Å². The zero-order chi connectivity index (χ0) is 16.9. The number of hydrogen-bond donors (Lipinski definition) is 2. The van der Waals surface area contributed by atoms with Gasteiger partial charge in [-0.3, -0.25) is 4.79 Å². The Morgan fingerprint density at radius 2 is 1.62 bits per heavy atom. The van der Waals surface area contributed by atoms with Gasteiger partial charge in [-0.05, 0) is 28.8 Å². The fraction of sp³-hybridized carbons (Fsp3) is 0.190. The lowest BCUT2D eigenvalue weighted by molar-refractivity contribution is -0.137. The van der Waals surface area contributed by atoms with Crippen LogP contribution in [0.4, 0.5) is 0 Å². The van der Waals surface area contributed by atoms with Crippen LogP contribution in [0.25, 0.3) is 10.8 Å². The second-order valence-electron chi connectivity index (χ2n) is 6.02. The van der Waals surface area contributed by atoms with Gasteiger partial charge in [-0.15, -0.1) is 0 Å². The molecule has 122 valence electrons. The third-order valence-corrected chi connectivity index (χ3v) is 4.32. The van der Waals surface area contributed by atoms with Crippen LogP contribution in [-0.2, 0) is 4.79 Å². The summed E-state index contributed by atoms with van der Waals surface area (Å²) in [6.07, 6.45) is 0.0547. The monoisotopic (exact) mass is 319 g/mol. The maximum Gasteiger partial charge on any atom is 0.305 e. The Hall–Kier alpha value is -2.65. The van der Waals surface area contributed by atoms with Crippen molar-refractivity contribution in [1.82, 2.24) is 5.32 Å². The fourth-order valence-electron chi connectivity index (χ4n) is 3.15. The number of hydrogen-bond acceptors (Lipinski definition) is 2. The highest BCUT2D eigenvalue weighted by molar-refractivity contribution is 5.86. The van der Waals surface area contributed by atoms with E-state index in [4.69, 9.17) is 0 Å². The minimum absolute atomic E-state index is 0.0423. The number of nitrogens with one attached hydrogen (secondary N) is 1. The van der Waals surface area contributed by atoms with E-state index in [9.17, 15) is 9.90 Å². The quantitative estimate of drug-likeness (QED) is 0.692. The maximum absolute atomic E-state index is 11.3. The molecule has 0 fully saturated rings. The van der Waals surface area contributed by atoms with Gasteiger partial charge in [0.15, 0.2) is 0 Å². The molecule has 24 heavy (non-hydrogen) atoms. The predicted octanol–water partition coefficient (Wildman–Crippen LogP) is 4.71. The lowest BCUT2D eigenvalue weighted by atomic mass is 9.97. The summed E-state index contributed by atoms with van der Waals surface area (Å²) in [6, 6.07) is 24.1. The van der Waals surface area contributed by atoms with Gasteiger partial charge in [-0.1, -0.05) is 72.8 Å². The SMILES string of the molecule is CC(N[C@H](CC(=O)O)c1ccccc1)c1cccc2ccccc12. The molecule has 3 nitrogen and oxygen atoms in total. The van der Waals surface area contributed by atoms with Crippen LogP contribution in [0.15, 0.2) is 72.8 Å². The highest BCUT2D eigenvalue weighted by atomic mass is 16.4. The van der Waals surface area contributed by atoms with Gasteiger partial charge in [-0.25, -0.2) is 0 Å². The van der Waals surface area contributed by atoms with Gasteiger partial charge in [0.05, 0.1) is 6.42 Å². The maximum atomic E-state index is 11.3. The molecular formula is C21H21NO2. The predicted molar refractivity (Wildman–Crippen MR) is 96.9 cm³/mol. The molecule has 0 saturated heterocycles. The standard InChI is InChI=1S/C21H21NO2/c1-15(18-13-7-11-16-8-5-6-12-19(16)18)22-20(14-21(23)24)17-9-3-2-4-10-17/h2-13,15,20,22H,14H2,1H3,(H,23,24)/t15?,20-/m1/s1. The van der Waals surface area contributed by atoms with E-state index in [0.717, 1.165) is 5.56 Å². The van der Waals surface area contributed by atoms with Gasteiger partial charge in [0.25, 0.3) is 0 Å². The van der Waals surface area contributed by atoms with Crippen molar-refractivity contribution in [3.05, 3.63) is 83.9 Å². The number of aliphatic carboxylic acids is 1. The molecule has 0 aliphatic rings. The average molecular weight is 319 g/mol. The van der Waals surface area contributed by atoms with Crippen molar-refractivity contribution < 1.29 is 9.90 Å². The molecule has 3 heteroatoms. The smallest absolute Gasteiger partial charge is 0.305 e. The third kappa shape index (κ3) is 3.63. The first kappa shape index (κ1) is 16.2. The summed E-state index contributed by atoms with van der Waals surface area (Å²) in [5.74, 6) is -0.804. The van der Waals surface area contributed by atoms with Gasteiger partial charge in [0.1, 0.15) is 0 Å². The summed E-state index contributed by atoms with van der Waals surface area (Å²) in [6.45, 7) is 2.08. The first-order valence-corrected chi connectivity index (χ1v) is 8.15. The van der Waals surface area contributed by atoms with Gasteiger partial charge in [0, 0.05) is 12.1 Å². The minimum Gasteiger partial charge on any atom is -0.481 e. The van der Waals surface area contributed by atoms with Crippen LogP contribution in [0.3, 0.4) is 0 Å². The Morgan fingerprint density at radius 3 is 2.38 bits per heavy atom. The summed E-state index contributed by atoms with van der Waals surface area (Å²) < 4.78 is 0. The molecule has 3 rings (SSSR count). The van der Waals surface area contributed by atoms with Crippen molar-refractivity contribution in [1.29, 1.82) is 0 Å². The molecule has 0 aliphatic carbocycles. The molecule has 2 atom stereocenters. The van der Waals surface area contributed by atoms with Crippen LogP contribution >= 0.6 is 0 Å². The second-order valence-corrected chi connectivity index (χ2v) is 6.02. The average Bonchev–Trinajstić information content (AvgIpc) is 2.61. The van der Waals surface area contributed by atoms with Crippen molar-refractivity contribution in [2.75, 3.05) is 0 Å². The number of carboxylic acid groups (broad SMARTS) is 1. The summed E-state index contributed by atoms with van der Waals surface area (Å²) >= 11 is 0. The van der Waals surface area contributed by atoms with Crippen LogP contribution in [-0.4, -0.2) is 11.1 Å². The van der Waals surface area contributed by atoms with Crippen LogP contribution in [0, 0.1) is 0 Å². The number of fused-ring (bicyclic) bond motifs is 1. The molecule has 3 aromatic rings. The number of rotatable bonds is 6. The zero-order valence-corrected chi connectivity index (χ0v) is 13.6. The molecule has 0 aliphatic heterocycles. The fourth-order valence-corrected chi connectivity index (χ4v) is 3.15. The molecule has 0 amide bonds. The molecule has 0 saturated carbocycles. The minimum atomic E-state index is -0.804. The highest BCUT2D eigenvalue weighted by Crippen LogP contribution is 2.27. The Morgan fingerprint density at radius 1 is 0.958 bits per heavy atom. The lowest BCUT2D eigenvalue weighted by Crippen LogP contribution is -2.27. The van der Waals surface area contributed by atoms with Crippen LogP contribution in [0.1, 0.15) is 36.6 Å². The van der Waals surface area contributed by atoms with Crippen molar-refractivity contribution in [3.63, 3.8) is 0 Å². The number of carboxylic acids is 1. The van der Waals surface area contributed by atoms with Crippen LogP contribution < -0.4 is 5.32 Å². The first-order valence-electron chi connectivity index (χ1n) is 8.15. The Labute approximate surface area is 142 Å². The highest BCUT2D eigenvalue weighted by Gasteiger charge is 2.19. The molecule has 1 unspecified atom stereocenters. The van der Waals surface area contributed by atoms with Crippen molar-refractivity contribution in [3.8, 4) is 0 Å². The third-order valence-electron chi connectivity index (χ3n) is 4.32. The summed E-state index contributed by atoms with van der Waals surface area (Å²) in [5.41, 5.74) is 2.17. The Kier molecular flexibility index (Phi) is 4.92. The molecule has 3 aromatic carbocycles. The molecular weight excluding hydrogens is 298 g/mol. The van der Waals surface area contributed by atoms with E-state index in [1.807, 2.05) is 48.5 Å². The molecule has 2 N–H and O–H groups in total. The topological polar surface area (TPSA) is 49.3 Å². The van der Waals surface area contributed by atoms with Crippen molar-refractivity contribution in [2.45, 2.75) is 25.4 Å². The summed E-state index contributed by atoms with van der Waals surface area (Å²) in [4.78, 5) is 11.3. The van der Waals surface area contributed by atoms with E-state index in [2.05, 4.69) is 36.5 Å². The molecule has 0 radical (unpaired) electrons. The van der Waals surface area contributed by atoms with Crippen LogP contribution in [0.2, 0.25) is 0 Å². The van der Waals surface area contributed by atoms with Crippen molar-refractivity contribution in [2.24, 2.45) is 0 Å². The molecule has 0 aromatic heterocycles. The largest absolute Gasteiger partial charge is 0.481 e. The van der Waals surface area contributed by atoms with Gasteiger partial charge < -0.3 is 10.4 Å². The molecule has 0 spiro atoms. The lowest BCUT2D eigenvalue weighted by Gasteiger charge is -2.24. The molecule has 0 bridgehead atoms. The van der Waals surface area contributed by atoms with E-state index in [1.165, 1.54) is 16.3 Å². The normalized spacial score (nSPS) is 13.5. The second kappa shape index (κ2) is 7.28. The first-order chi connectivity index (χ1) is 11.6. The van der Waals surface area contributed by atoms with E-state index >= 15 is 0 Å².